The molecule has 0 spiro atoms. The second-order valence-corrected chi connectivity index (χ2v) is 6.17. The summed E-state index contributed by atoms with van der Waals surface area (Å²) in [5.41, 5.74) is 1.09. The van der Waals surface area contributed by atoms with Crippen molar-refractivity contribution in [2.45, 2.75) is 51.6 Å². The second-order valence-electron chi connectivity index (χ2n) is 5.73. The zero-order valence-corrected chi connectivity index (χ0v) is 13.3. The van der Waals surface area contributed by atoms with Crippen molar-refractivity contribution in [3.63, 3.8) is 0 Å². The number of amides is 1. The predicted molar refractivity (Wildman–Crippen MR) is 81.9 cm³/mol. The Morgan fingerprint density at radius 3 is 2.91 bits per heavy atom. The SMILES string of the molecule is Cc1onc(C(=O)NC2CCCCC2)c1Cn1cc(Cl)cn1. The van der Waals surface area contributed by atoms with Crippen LogP contribution in [0.2, 0.25) is 5.02 Å². The first kappa shape index (κ1) is 15.1. The Kier molecular flexibility index (Phi) is 4.47. The first-order valence-corrected chi connectivity index (χ1v) is 7.95. The molecule has 2 aromatic heterocycles. The van der Waals surface area contributed by atoms with Gasteiger partial charge >= 0.3 is 0 Å². The molecule has 1 saturated carbocycles. The molecule has 22 heavy (non-hydrogen) atoms. The molecule has 1 aliphatic rings. The van der Waals surface area contributed by atoms with Crippen molar-refractivity contribution >= 4 is 17.5 Å². The topological polar surface area (TPSA) is 73.0 Å². The standard InChI is InChI=1S/C15H19ClN4O2/c1-10-13(9-20-8-11(16)7-17-20)14(19-22-10)15(21)18-12-5-3-2-4-6-12/h7-8,12H,2-6,9H2,1H3,(H,18,21). The van der Waals surface area contributed by atoms with Crippen LogP contribution in [0.1, 0.15) is 53.9 Å². The lowest BCUT2D eigenvalue weighted by atomic mass is 9.95. The van der Waals surface area contributed by atoms with Gasteiger partial charge in [0.1, 0.15) is 5.76 Å². The van der Waals surface area contributed by atoms with Gasteiger partial charge in [0.2, 0.25) is 0 Å². The van der Waals surface area contributed by atoms with Gasteiger partial charge in [-0.15, -0.1) is 0 Å². The third-order valence-electron chi connectivity index (χ3n) is 4.06. The van der Waals surface area contributed by atoms with Gasteiger partial charge in [-0.05, 0) is 19.8 Å². The van der Waals surface area contributed by atoms with Crippen LogP contribution in [0.4, 0.5) is 0 Å². The average Bonchev–Trinajstić information content (AvgIpc) is 3.07. The van der Waals surface area contributed by atoms with Crippen molar-refractivity contribution in [3.05, 3.63) is 34.4 Å². The maximum absolute atomic E-state index is 12.5. The molecule has 0 aliphatic heterocycles. The quantitative estimate of drug-likeness (QED) is 0.939. The van der Waals surface area contributed by atoms with Crippen LogP contribution in [0.25, 0.3) is 0 Å². The van der Waals surface area contributed by atoms with Crippen LogP contribution in [-0.2, 0) is 6.54 Å². The number of rotatable bonds is 4. The first-order valence-electron chi connectivity index (χ1n) is 7.57. The zero-order chi connectivity index (χ0) is 15.5. The van der Waals surface area contributed by atoms with Crippen LogP contribution >= 0.6 is 11.6 Å². The highest BCUT2D eigenvalue weighted by Gasteiger charge is 2.23. The van der Waals surface area contributed by atoms with Crippen molar-refractivity contribution in [2.75, 3.05) is 0 Å². The van der Waals surface area contributed by atoms with E-state index in [9.17, 15) is 4.79 Å². The predicted octanol–water partition coefficient (Wildman–Crippen LogP) is 2.94. The zero-order valence-electron chi connectivity index (χ0n) is 12.5. The Labute approximate surface area is 133 Å². The fourth-order valence-electron chi connectivity index (χ4n) is 2.84. The third-order valence-corrected chi connectivity index (χ3v) is 4.26. The molecule has 1 N–H and O–H groups in total. The summed E-state index contributed by atoms with van der Waals surface area (Å²) < 4.78 is 6.87. The maximum atomic E-state index is 12.5. The van der Waals surface area contributed by atoms with Gasteiger partial charge in [-0.1, -0.05) is 36.0 Å². The monoisotopic (exact) mass is 322 g/mol. The largest absolute Gasteiger partial charge is 0.361 e. The summed E-state index contributed by atoms with van der Waals surface area (Å²) in [7, 11) is 0. The molecule has 2 aromatic rings. The first-order chi connectivity index (χ1) is 10.6. The summed E-state index contributed by atoms with van der Waals surface area (Å²) in [6, 6.07) is 0.241. The molecule has 0 aromatic carbocycles. The number of halogens is 1. The molecule has 3 rings (SSSR count). The van der Waals surface area contributed by atoms with Crippen LogP contribution in [0.3, 0.4) is 0 Å². The van der Waals surface area contributed by atoms with Gasteiger partial charge in [-0.3, -0.25) is 9.48 Å². The number of carbonyl (C=O) groups is 1. The Morgan fingerprint density at radius 1 is 1.45 bits per heavy atom. The smallest absolute Gasteiger partial charge is 0.274 e. The number of nitrogens with one attached hydrogen (secondary N) is 1. The molecule has 2 heterocycles. The Morgan fingerprint density at radius 2 is 2.23 bits per heavy atom. The van der Waals surface area contributed by atoms with E-state index in [4.69, 9.17) is 16.1 Å². The molecule has 0 bridgehead atoms. The van der Waals surface area contributed by atoms with Crippen molar-refractivity contribution in [3.8, 4) is 0 Å². The third kappa shape index (κ3) is 3.32. The molecular weight excluding hydrogens is 304 g/mol. The molecule has 0 radical (unpaired) electrons. The van der Waals surface area contributed by atoms with E-state index in [1.807, 2.05) is 0 Å². The Balaban J connectivity index is 1.74. The Hall–Kier alpha value is -1.82. The van der Waals surface area contributed by atoms with Gasteiger partial charge in [0.25, 0.3) is 5.91 Å². The molecule has 7 heteroatoms. The molecule has 1 amide bonds. The van der Waals surface area contributed by atoms with Crippen LogP contribution in [-0.4, -0.2) is 26.9 Å². The van der Waals surface area contributed by atoms with E-state index in [1.165, 1.54) is 19.3 Å². The van der Waals surface area contributed by atoms with E-state index in [0.717, 1.165) is 18.4 Å². The van der Waals surface area contributed by atoms with Gasteiger partial charge < -0.3 is 9.84 Å². The van der Waals surface area contributed by atoms with Crippen LogP contribution < -0.4 is 5.32 Å². The highest BCUT2D eigenvalue weighted by Crippen LogP contribution is 2.20. The lowest BCUT2D eigenvalue weighted by molar-refractivity contribution is 0.0917. The van der Waals surface area contributed by atoms with Gasteiger partial charge in [-0.2, -0.15) is 5.10 Å². The van der Waals surface area contributed by atoms with E-state index < -0.39 is 0 Å². The molecule has 0 atom stereocenters. The van der Waals surface area contributed by atoms with Crippen LogP contribution in [0.15, 0.2) is 16.9 Å². The minimum atomic E-state index is -0.169. The van der Waals surface area contributed by atoms with E-state index in [2.05, 4.69) is 15.6 Å². The minimum absolute atomic E-state index is 0.169. The molecule has 6 nitrogen and oxygen atoms in total. The van der Waals surface area contributed by atoms with Gasteiger partial charge in [0, 0.05) is 17.8 Å². The summed E-state index contributed by atoms with van der Waals surface area (Å²) in [5.74, 6) is 0.456. The van der Waals surface area contributed by atoms with E-state index >= 15 is 0 Å². The fraction of sp³-hybridized carbons (Fsp3) is 0.533. The number of nitrogens with zero attached hydrogens (tertiary/aromatic N) is 3. The molecule has 1 fully saturated rings. The molecule has 0 saturated heterocycles. The van der Waals surface area contributed by atoms with Gasteiger partial charge in [0.05, 0.1) is 17.8 Å². The summed E-state index contributed by atoms with van der Waals surface area (Å²) >= 11 is 5.87. The lowest BCUT2D eigenvalue weighted by Crippen LogP contribution is -2.36. The molecular formula is C15H19ClN4O2. The van der Waals surface area contributed by atoms with Crippen molar-refractivity contribution in [1.29, 1.82) is 0 Å². The summed E-state index contributed by atoms with van der Waals surface area (Å²) in [5, 5.41) is 11.7. The van der Waals surface area contributed by atoms with Gasteiger partial charge in [-0.25, -0.2) is 0 Å². The van der Waals surface area contributed by atoms with Gasteiger partial charge in [0.15, 0.2) is 5.69 Å². The summed E-state index contributed by atoms with van der Waals surface area (Å²) in [4.78, 5) is 12.5. The highest BCUT2D eigenvalue weighted by atomic mass is 35.5. The lowest BCUT2D eigenvalue weighted by Gasteiger charge is -2.22. The normalized spacial score (nSPS) is 15.9. The number of hydrogen-bond acceptors (Lipinski definition) is 4. The molecule has 0 unspecified atom stereocenters. The number of carbonyl (C=O) groups excluding carboxylic acids is 1. The summed E-state index contributed by atoms with van der Waals surface area (Å²) in [6.07, 6.45) is 8.92. The van der Waals surface area contributed by atoms with Crippen LogP contribution in [0.5, 0.6) is 0 Å². The Bertz CT molecular complexity index is 658. The van der Waals surface area contributed by atoms with Crippen molar-refractivity contribution in [1.82, 2.24) is 20.3 Å². The molecule has 118 valence electrons. The van der Waals surface area contributed by atoms with E-state index in [-0.39, 0.29) is 11.9 Å². The number of hydrogen-bond donors (Lipinski definition) is 1. The molecule has 1 aliphatic carbocycles. The van der Waals surface area contributed by atoms with Crippen LogP contribution in [0, 0.1) is 6.92 Å². The average molecular weight is 323 g/mol. The van der Waals surface area contributed by atoms with Crippen molar-refractivity contribution < 1.29 is 9.32 Å². The number of aryl methyl sites for hydroxylation is 1. The maximum Gasteiger partial charge on any atom is 0.274 e. The van der Waals surface area contributed by atoms with E-state index in [1.54, 1.807) is 24.0 Å². The van der Waals surface area contributed by atoms with Crippen molar-refractivity contribution in [2.24, 2.45) is 0 Å². The highest BCUT2D eigenvalue weighted by molar-refractivity contribution is 6.30. The van der Waals surface area contributed by atoms with E-state index in [0.29, 0.717) is 23.0 Å². The number of aromatic nitrogens is 3. The minimum Gasteiger partial charge on any atom is -0.361 e. The summed E-state index contributed by atoms with van der Waals surface area (Å²) in [6.45, 7) is 2.21. The second kappa shape index (κ2) is 6.52. The fourth-order valence-corrected chi connectivity index (χ4v) is 3.00.